The molecule has 0 saturated carbocycles. The van der Waals surface area contributed by atoms with E-state index in [1.807, 2.05) is 36.3 Å². The van der Waals surface area contributed by atoms with Crippen LogP contribution in [0, 0.1) is 6.92 Å². The zero-order valence-corrected chi connectivity index (χ0v) is 15.1. The second-order valence-corrected chi connectivity index (χ2v) is 6.59. The molecule has 3 aromatic rings. The lowest BCUT2D eigenvalue weighted by molar-refractivity contribution is 0.625. The second kappa shape index (κ2) is 6.99. The minimum absolute atomic E-state index is 0. The Hall–Kier alpha value is -1.78. The smallest absolute Gasteiger partial charge is 0.0996 e. The maximum atomic E-state index is 6.10. The first kappa shape index (κ1) is 17.1. The molecule has 0 bridgehead atoms. The summed E-state index contributed by atoms with van der Waals surface area (Å²) in [6.07, 6.45) is 10.7. The van der Waals surface area contributed by atoms with Gasteiger partial charge in [-0.15, -0.1) is 12.4 Å². The van der Waals surface area contributed by atoms with Crippen molar-refractivity contribution in [2.24, 2.45) is 0 Å². The van der Waals surface area contributed by atoms with Crippen LogP contribution in [0.1, 0.15) is 35.5 Å². The van der Waals surface area contributed by atoms with E-state index in [1.54, 1.807) is 0 Å². The first-order chi connectivity index (χ1) is 11.2. The summed E-state index contributed by atoms with van der Waals surface area (Å²) in [4.78, 5) is 9.10. The standard InChI is InChI=1S/C18H19ClN4.ClH/c1-13-8-15(6-7-16(13)19)22-9-14(20-11-22)10-23-12-21-17-4-2-3-5-18(17)23;/h6-9,11-12H,2-5,10H2,1H3;1H. The highest BCUT2D eigenvalue weighted by Gasteiger charge is 2.15. The van der Waals surface area contributed by atoms with Gasteiger partial charge in [0.2, 0.25) is 0 Å². The van der Waals surface area contributed by atoms with E-state index in [2.05, 4.69) is 26.8 Å². The van der Waals surface area contributed by atoms with E-state index in [9.17, 15) is 0 Å². The Morgan fingerprint density at radius 2 is 1.96 bits per heavy atom. The van der Waals surface area contributed by atoms with Gasteiger partial charge in [-0.3, -0.25) is 0 Å². The normalized spacial score (nSPS) is 13.4. The molecule has 6 heteroatoms. The molecule has 0 N–H and O–H groups in total. The van der Waals surface area contributed by atoms with Crippen LogP contribution < -0.4 is 0 Å². The number of hydrogen-bond acceptors (Lipinski definition) is 2. The third-order valence-electron chi connectivity index (χ3n) is 4.52. The molecule has 0 fully saturated rings. The molecule has 0 spiro atoms. The van der Waals surface area contributed by atoms with Crippen molar-refractivity contribution >= 4 is 24.0 Å². The third-order valence-corrected chi connectivity index (χ3v) is 4.94. The summed E-state index contributed by atoms with van der Waals surface area (Å²) in [7, 11) is 0. The summed E-state index contributed by atoms with van der Waals surface area (Å²) in [6, 6.07) is 6.02. The zero-order valence-electron chi connectivity index (χ0n) is 13.6. The number of nitrogens with zero attached hydrogens (tertiary/aromatic N) is 4. The summed E-state index contributed by atoms with van der Waals surface area (Å²) < 4.78 is 4.29. The summed E-state index contributed by atoms with van der Waals surface area (Å²) in [6.45, 7) is 2.79. The largest absolute Gasteiger partial charge is 0.328 e. The highest BCUT2D eigenvalue weighted by Crippen LogP contribution is 2.22. The van der Waals surface area contributed by atoms with Gasteiger partial charge in [0.05, 0.1) is 30.6 Å². The lowest BCUT2D eigenvalue weighted by Gasteiger charge is -2.13. The van der Waals surface area contributed by atoms with Gasteiger partial charge in [-0.05, 0) is 56.4 Å². The number of imidazole rings is 2. The van der Waals surface area contributed by atoms with Crippen molar-refractivity contribution in [2.45, 2.75) is 39.2 Å². The Bertz CT molecular complexity index is 851. The van der Waals surface area contributed by atoms with Crippen molar-refractivity contribution < 1.29 is 0 Å². The molecular weight excluding hydrogens is 343 g/mol. The van der Waals surface area contributed by atoms with Gasteiger partial charge in [0.15, 0.2) is 0 Å². The minimum Gasteiger partial charge on any atom is -0.328 e. The molecule has 4 rings (SSSR count). The highest BCUT2D eigenvalue weighted by molar-refractivity contribution is 6.31. The van der Waals surface area contributed by atoms with Gasteiger partial charge in [-0.2, -0.15) is 0 Å². The number of aryl methyl sites for hydroxylation is 2. The predicted octanol–water partition coefficient (Wildman–Crippen LogP) is 4.38. The van der Waals surface area contributed by atoms with Crippen molar-refractivity contribution in [1.29, 1.82) is 0 Å². The predicted molar refractivity (Wildman–Crippen MR) is 98.5 cm³/mol. The van der Waals surface area contributed by atoms with E-state index in [0.717, 1.165) is 41.4 Å². The molecule has 0 aliphatic heterocycles. The molecule has 1 aliphatic rings. The van der Waals surface area contributed by atoms with Gasteiger partial charge < -0.3 is 9.13 Å². The van der Waals surface area contributed by atoms with Crippen LogP contribution in [0.4, 0.5) is 0 Å². The molecule has 2 heterocycles. The molecule has 0 saturated heterocycles. The quantitative estimate of drug-likeness (QED) is 0.692. The van der Waals surface area contributed by atoms with E-state index in [4.69, 9.17) is 11.6 Å². The third kappa shape index (κ3) is 3.21. The van der Waals surface area contributed by atoms with Gasteiger partial charge in [0.25, 0.3) is 0 Å². The summed E-state index contributed by atoms with van der Waals surface area (Å²) >= 11 is 6.10. The fourth-order valence-electron chi connectivity index (χ4n) is 3.22. The average Bonchev–Trinajstić information content (AvgIpc) is 3.18. The molecule has 0 atom stereocenters. The molecule has 0 amide bonds. The maximum absolute atomic E-state index is 6.10. The molecule has 1 aromatic carbocycles. The molecule has 2 aromatic heterocycles. The van der Waals surface area contributed by atoms with Gasteiger partial charge >= 0.3 is 0 Å². The SMILES string of the molecule is Cc1cc(-n2cnc(Cn3cnc4c3CCCC4)c2)ccc1Cl.Cl. The number of hydrogen-bond donors (Lipinski definition) is 0. The van der Waals surface area contributed by atoms with Crippen molar-refractivity contribution in [2.75, 3.05) is 0 Å². The van der Waals surface area contributed by atoms with E-state index in [1.165, 1.54) is 24.2 Å². The number of fused-ring (bicyclic) bond motifs is 1. The van der Waals surface area contributed by atoms with Crippen LogP contribution in [-0.2, 0) is 19.4 Å². The Kier molecular flexibility index (Phi) is 4.97. The van der Waals surface area contributed by atoms with E-state index in [0.29, 0.717) is 0 Å². The van der Waals surface area contributed by atoms with Crippen LogP contribution in [0.25, 0.3) is 5.69 Å². The Balaban J connectivity index is 0.00000169. The highest BCUT2D eigenvalue weighted by atomic mass is 35.5. The van der Waals surface area contributed by atoms with E-state index in [-0.39, 0.29) is 12.4 Å². The summed E-state index contributed by atoms with van der Waals surface area (Å²) in [5.41, 5.74) is 5.85. The molecule has 4 nitrogen and oxygen atoms in total. The van der Waals surface area contributed by atoms with Crippen molar-refractivity contribution in [1.82, 2.24) is 19.1 Å². The number of benzene rings is 1. The summed E-state index contributed by atoms with van der Waals surface area (Å²) in [5, 5.41) is 0.791. The van der Waals surface area contributed by atoms with Crippen molar-refractivity contribution in [3.63, 3.8) is 0 Å². The lowest BCUT2D eigenvalue weighted by atomic mass is 10.0. The van der Waals surface area contributed by atoms with Gasteiger partial charge in [0.1, 0.15) is 0 Å². The fourth-order valence-corrected chi connectivity index (χ4v) is 3.34. The molecule has 0 radical (unpaired) electrons. The zero-order chi connectivity index (χ0) is 15.8. The molecule has 24 heavy (non-hydrogen) atoms. The Morgan fingerprint density at radius 3 is 2.79 bits per heavy atom. The van der Waals surface area contributed by atoms with Crippen molar-refractivity contribution in [3.05, 3.63) is 64.7 Å². The van der Waals surface area contributed by atoms with Crippen molar-refractivity contribution in [3.8, 4) is 5.69 Å². The maximum Gasteiger partial charge on any atom is 0.0996 e. The summed E-state index contributed by atoms with van der Waals surface area (Å²) in [5.74, 6) is 0. The Morgan fingerprint density at radius 1 is 1.12 bits per heavy atom. The van der Waals surface area contributed by atoms with Gasteiger partial charge in [0, 0.05) is 22.6 Å². The molecular formula is C18H20Cl2N4. The monoisotopic (exact) mass is 362 g/mol. The first-order valence-electron chi connectivity index (χ1n) is 8.03. The van der Waals surface area contributed by atoms with Crippen LogP contribution >= 0.6 is 24.0 Å². The Labute approximate surface area is 152 Å². The van der Waals surface area contributed by atoms with Crippen LogP contribution in [0.5, 0.6) is 0 Å². The molecule has 1 aliphatic carbocycles. The lowest BCUT2D eigenvalue weighted by Crippen LogP contribution is -2.09. The second-order valence-electron chi connectivity index (χ2n) is 6.18. The van der Waals surface area contributed by atoms with Crippen LogP contribution in [0.15, 0.2) is 37.1 Å². The van der Waals surface area contributed by atoms with Crippen LogP contribution in [0.2, 0.25) is 5.02 Å². The topological polar surface area (TPSA) is 35.6 Å². The first-order valence-corrected chi connectivity index (χ1v) is 8.41. The number of rotatable bonds is 3. The van der Waals surface area contributed by atoms with Gasteiger partial charge in [-0.25, -0.2) is 9.97 Å². The van der Waals surface area contributed by atoms with E-state index < -0.39 is 0 Å². The van der Waals surface area contributed by atoms with Crippen LogP contribution in [0.3, 0.4) is 0 Å². The molecule has 0 unspecified atom stereocenters. The van der Waals surface area contributed by atoms with E-state index >= 15 is 0 Å². The number of aromatic nitrogens is 4. The number of halogens is 2. The average molecular weight is 363 g/mol. The molecule has 126 valence electrons. The minimum atomic E-state index is 0. The van der Waals surface area contributed by atoms with Crippen LogP contribution in [-0.4, -0.2) is 19.1 Å². The fraction of sp³-hybridized carbons (Fsp3) is 0.333. The van der Waals surface area contributed by atoms with Gasteiger partial charge in [-0.1, -0.05) is 11.6 Å².